The number of esters is 2. The highest BCUT2D eigenvalue weighted by molar-refractivity contribution is 5.77. The summed E-state index contributed by atoms with van der Waals surface area (Å²) in [6.45, 7) is 4.99. The Bertz CT molecular complexity index is 334. The van der Waals surface area contributed by atoms with E-state index >= 15 is 0 Å². The number of carbonyl (C=O) groups excluding carboxylic acids is 2. The minimum atomic E-state index is -1.03. The highest BCUT2D eigenvalue weighted by atomic mass is 16.6. The molecule has 0 aromatic carbocycles. The third-order valence-corrected chi connectivity index (χ3v) is 2.15. The number of nitrogens with two attached hydrogens (primary N) is 1. The monoisotopic (exact) mass is 275 g/mol. The van der Waals surface area contributed by atoms with Crippen molar-refractivity contribution >= 4 is 17.9 Å². The third-order valence-electron chi connectivity index (χ3n) is 2.15. The minimum Gasteiger partial charge on any atom is -0.481 e. The Labute approximate surface area is 112 Å². The lowest BCUT2D eigenvalue weighted by atomic mass is 9.97. The molecule has 7 nitrogen and oxygen atoms in total. The molecular weight excluding hydrogens is 254 g/mol. The molecule has 110 valence electrons. The van der Waals surface area contributed by atoms with E-state index in [9.17, 15) is 14.4 Å². The van der Waals surface area contributed by atoms with Crippen LogP contribution in [0.5, 0.6) is 0 Å². The molecule has 7 heteroatoms. The molecule has 0 heterocycles. The number of aliphatic carboxylic acids is 1. The first-order chi connectivity index (χ1) is 8.64. The smallest absolute Gasteiger partial charge is 0.323 e. The van der Waals surface area contributed by atoms with Gasteiger partial charge in [-0.1, -0.05) is 0 Å². The fourth-order valence-electron chi connectivity index (χ4n) is 0.997. The van der Waals surface area contributed by atoms with Crippen LogP contribution in [0, 0.1) is 5.41 Å². The topological polar surface area (TPSA) is 116 Å². The molecule has 0 unspecified atom stereocenters. The van der Waals surface area contributed by atoms with Gasteiger partial charge in [0.1, 0.15) is 19.3 Å². The second-order valence-corrected chi connectivity index (χ2v) is 5.09. The normalized spacial score (nSPS) is 12.6. The molecule has 0 amide bonds. The highest BCUT2D eigenvalue weighted by Gasteiger charge is 2.23. The average Bonchev–Trinajstić information content (AvgIpc) is 2.29. The second-order valence-electron chi connectivity index (χ2n) is 5.09. The summed E-state index contributed by atoms with van der Waals surface area (Å²) >= 11 is 0. The minimum absolute atomic E-state index is 0.00987. The predicted octanol–water partition coefficient (Wildman–Crippen LogP) is 0.311. The Balaban J connectivity index is 3.80. The van der Waals surface area contributed by atoms with Crippen molar-refractivity contribution in [2.45, 2.75) is 39.7 Å². The second kappa shape index (κ2) is 7.73. The average molecular weight is 275 g/mol. The van der Waals surface area contributed by atoms with E-state index in [1.165, 1.54) is 0 Å². The van der Waals surface area contributed by atoms with Gasteiger partial charge in [0.2, 0.25) is 0 Å². The molecule has 0 aliphatic carbocycles. The van der Waals surface area contributed by atoms with Crippen LogP contribution in [0.25, 0.3) is 0 Å². The van der Waals surface area contributed by atoms with E-state index in [0.29, 0.717) is 0 Å². The number of rotatable bonds is 7. The Morgan fingerprint density at radius 1 is 1.16 bits per heavy atom. The number of hydrogen-bond acceptors (Lipinski definition) is 6. The van der Waals surface area contributed by atoms with Crippen molar-refractivity contribution in [2.75, 3.05) is 13.2 Å². The van der Waals surface area contributed by atoms with E-state index in [0.717, 1.165) is 0 Å². The number of ether oxygens (including phenoxy) is 2. The summed E-state index contributed by atoms with van der Waals surface area (Å²) in [5.74, 6) is -2.12. The fraction of sp³-hybridized carbons (Fsp3) is 0.750. The SMILES string of the molecule is CC(C)(C)C(=O)OCCOC(=O)[C@@H](N)CCC(=O)O. The molecule has 0 spiro atoms. The van der Waals surface area contributed by atoms with Crippen molar-refractivity contribution in [3.05, 3.63) is 0 Å². The van der Waals surface area contributed by atoms with Crippen molar-refractivity contribution < 1.29 is 29.0 Å². The Kier molecular flexibility index (Phi) is 7.06. The molecule has 0 saturated heterocycles. The molecule has 0 aliphatic rings. The van der Waals surface area contributed by atoms with Crippen molar-refractivity contribution in [3.63, 3.8) is 0 Å². The molecule has 1 atom stereocenters. The molecule has 0 fully saturated rings. The van der Waals surface area contributed by atoms with Gasteiger partial charge in [-0.2, -0.15) is 0 Å². The van der Waals surface area contributed by atoms with Crippen LogP contribution in [0.15, 0.2) is 0 Å². The van der Waals surface area contributed by atoms with E-state index in [2.05, 4.69) is 0 Å². The van der Waals surface area contributed by atoms with Crippen molar-refractivity contribution in [2.24, 2.45) is 11.1 Å². The lowest BCUT2D eigenvalue weighted by Gasteiger charge is -2.16. The Morgan fingerprint density at radius 3 is 2.16 bits per heavy atom. The first kappa shape index (κ1) is 17.4. The lowest BCUT2D eigenvalue weighted by Crippen LogP contribution is -2.34. The Hall–Kier alpha value is -1.63. The van der Waals surface area contributed by atoms with Gasteiger partial charge in [0.25, 0.3) is 0 Å². The van der Waals surface area contributed by atoms with E-state index in [1.54, 1.807) is 20.8 Å². The van der Waals surface area contributed by atoms with Gasteiger partial charge in [-0.3, -0.25) is 14.4 Å². The lowest BCUT2D eigenvalue weighted by molar-refractivity contribution is -0.158. The van der Waals surface area contributed by atoms with Gasteiger partial charge < -0.3 is 20.3 Å². The first-order valence-electron chi connectivity index (χ1n) is 5.96. The quantitative estimate of drug-likeness (QED) is 0.507. The van der Waals surface area contributed by atoms with Gasteiger partial charge in [0, 0.05) is 6.42 Å². The zero-order chi connectivity index (χ0) is 15.1. The van der Waals surface area contributed by atoms with Crippen LogP contribution in [0.2, 0.25) is 0 Å². The largest absolute Gasteiger partial charge is 0.481 e. The van der Waals surface area contributed by atoms with Crippen LogP contribution in [-0.2, 0) is 23.9 Å². The van der Waals surface area contributed by atoms with Crippen LogP contribution in [0.3, 0.4) is 0 Å². The summed E-state index contributed by atoms with van der Waals surface area (Å²) in [4.78, 5) is 33.0. The van der Waals surface area contributed by atoms with E-state index < -0.39 is 29.4 Å². The Morgan fingerprint density at radius 2 is 1.68 bits per heavy atom. The molecular formula is C12H21NO6. The molecule has 0 radical (unpaired) electrons. The van der Waals surface area contributed by atoms with Crippen molar-refractivity contribution in [3.8, 4) is 0 Å². The van der Waals surface area contributed by atoms with Crippen molar-refractivity contribution in [1.29, 1.82) is 0 Å². The number of carboxylic acids is 1. The summed E-state index contributed by atoms with van der Waals surface area (Å²) in [5, 5.41) is 8.43. The molecule has 0 bridgehead atoms. The molecule has 0 aromatic heterocycles. The van der Waals surface area contributed by atoms with Gasteiger partial charge in [-0.25, -0.2) is 0 Å². The molecule has 19 heavy (non-hydrogen) atoms. The van der Waals surface area contributed by atoms with E-state index in [4.69, 9.17) is 20.3 Å². The molecule has 0 saturated carbocycles. The van der Waals surface area contributed by atoms with Crippen LogP contribution in [0.1, 0.15) is 33.6 Å². The molecule has 0 rings (SSSR count). The maximum Gasteiger partial charge on any atom is 0.323 e. The fourth-order valence-corrected chi connectivity index (χ4v) is 0.997. The third kappa shape index (κ3) is 8.15. The standard InChI is InChI=1S/C12H21NO6/c1-12(2,3)11(17)19-7-6-18-10(16)8(13)4-5-9(14)15/h8H,4-7,13H2,1-3H3,(H,14,15)/t8-/m0/s1. The van der Waals surface area contributed by atoms with Crippen LogP contribution < -0.4 is 5.73 Å². The molecule has 0 aromatic rings. The van der Waals surface area contributed by atoms with Gasteiger partial charge in [-0.05, 0) is 27.2 Å². The van der Waals surface area contributed by atoms with Crippen LogP contribution in [0.4, 0.5) is 0 Å². The van der Waals surface area contributed by atoms with Gasteiger partial charge in [0.05, 0.1) is 5.41 Å². The number of carbonyl (C=O) groups is 3. The zero-order valence-electron chi connectivity index (χ0n) is 11.5. The van der Waals surface area contributed by atoms with Crippen LogP contribution >= 0.6 is 0 Å². The molecule has 0 aliphatic heterocycles. The van der Waals surface area contributed by atoms with E-state index in [-0.39, 0.29) is 26.1 Å². The molecule has 3 N–H and O–H groups in total. The van der Waals surface area contributed by atoms with Gasteiger partial charge in [-0.15, -0.1) is 0 Å². The summed E-state index contributed by atoms with van der Waals surface area (Å²) in [5.41, 5.74) is 4.82. The highest BCUT2D eigenvalue weighted by Crippen LogP contribution is 2.14. The number of hydrogen-bond donors (Lipinski definition) is 2. The first-order valence-corrected chi connectivity index (χ1v) is 5.96. The predicted molar refractivity (Wildman–Crippen MR) is 66.2 cm³/mol. The van der Waals surface area contributed by atoms with Gasteiger partial charge in [0.15, 0.2) is 0 Å². The maximum absolute atomic E-state index is 11.4. The van der Waals surface area contributed by atoms with Crippen LogP contribution in [-0.4, -0.2) is 42.3 Å². The summed E-state index contributed by atoms with van der Waals surface area (Å²) in [6.07, 6.45) is -0.189. The van der Waals surface area contributed by atoms with E-state index in [1.807, 2.05) is 0 Å². The van der Waals surface area contributed by atoms with Gasteiger partial charge >= 0.3 is 17.9 Å². The summed E-state index contributed by atoms with van der Waals surface area (Å²) in [6, 6.07) is -0.977. The zero-order valence-corrected chi connectivity index (χ0v) is 11.5. The number of carboxylic acid groups (broad SMARTS) is 1. The maximum atomic E-state index is 11.4. The van der Waals surface area contributed by atoms with Crippen molar-refractivity contribution in [1.82, 2.24) is 0 Å². The summed E-state index contributed by atoms with van der Waals surface area (Å²) < 4.78 is 9.65. The summed E-state index contributed by atoms with van der Waals surface area (Å²) in [7, 11) is 0.